The molecule has 37 heavy (non-hydrogen) atoms. The summed E-state index contributed by atoms with van der Waals surface area (Å²) < 4.78 is 49.3. The molecule has 1 aliphatic rings. The van der Waals surface area contributed by atoms with E-state index < -0.39 is 36.3 Å². The Morgan fingerprint density at radius 3 is 2.49 bits per heavy atom. The molecule has 1 aliphatic carbocycles. The number of hydrogen-bond acceptors (Lipinski definition) is 7. The Morgan fingerprint density at radius 2 is 1.89 bits per heavy atom. The van der Waals surface area contributed by atoms with Crippen LogP contribution in [-0.4, -0.2) is 61.9 Å². The molecule has 9 nitrogen and oxygen atoms in total. The molecular weight excluding hydrogens is 513 g/mol. The Morgan fingerprint density at radius 1 is 1.24 bits per heavy atom. The SMILES string of the molecule is CO[C@@H](C)c1c(Nc2ccc([C@H](N(C)C(=O)C3CCC(O)CC3)C(F)(F)F)cc2)cnc2nc(Cl)nn12. The van der Waals surface area contributed by atoms with Gasteiger partial charge >= 0.3 is 6.18 Å². The maximum atomic E-state index is 14.1. The summed E-state index contributed by atoms with van der Waals surface area (Å²) in [6, 6.07) is 3.59. The third-order valence-corrected chi connectivity index (χ3v) is 6.87. The molecule has 2 atom stereocenters. The minimum absolute atomic E-state index is 0.0137. The zero-order valence-corrected chi connectivity index (χ0v) is 21.3. The van der Waals surface area contributed by atoms with E-state index in [0.717, 1.165) is 4.90 Å². The van der Waals surface area contributed by atoms with Crippen molar-refractivity contribution < 1.29 is 27.8 Å². The zero-order chi connectivity index (χ0) is 26.9. The van der Waals surface area contributed by atoms with Crippen LogP contribution in [0.3, 0.4) is 0 Å². The van der Waals surface area contributed by atoms with Crippen molar-refractivity contribution in [2.24, 2.45) is 5.92 Å². The van der Waals surface area contributed by atoms with Gasteiger partial charge in [0, 0.05) is 25.8 Å². The van der Waals surface area contributed by atoms with Crippen LogP contribution in [0.4, 0.5) is 24.5 Å². The topological polar surface area (TPSA) is 105 Å². The highest BCUT2D eigenvalue weighted by Gasteiger charge is 2.46. The Hall–Kier alpha value is -2.96. The molecule has 200 valence electrons. The van der Waals surface area contributed by atoms with E-state index in [1.165, 1.54) is 49.1 Å². The number of benzene rings is 1. The van der Waals surface area contributed by atoms with E-state index in [-0.39, 0.29) is 16.6 Å². The fourth-order valence-electron chi connectivity index (χ4n) is 4.70. The van der Waals surface area contributed by atoms with Gasteiger partial charge in [0.15, 0.2) is 6.04 Å². The number of methoxy groups -OCH3 is 1. The van der Waals surface area contributed by atoms with Crippen LogP contribution < -0.4 is 5.32 Å². The number of fused-ring (bicyclic) bond motifs is 1. The second-order valence-corrected chi connectivity index (χ2v) is 9.51. The van der Waals surface area contributed by atoms with Gasteiger partial charge in [-0.25, -0.2) is 4.98 Å². The van der Waals surface area contributed by atoms with Crippen LogP contribution in [0.1, 0.15) is 56.0 Å². The number of rotatable bonds is 7. The molecule has 0 bridgehead atoms. The quantitative estimate of drug-likeness (QED) is 0.442. The van der Waals surface area contributed by atoms with Crippen LogP contribution in [0, 0.1) is 5.92 Å². The van der Waals surface area contributed by atoms with Crippen molar-refractivity contribution >= 4 is 34.7 Å². The molecule has 1 aromatic carbocycles. The first-order chi connectivity index (χ1) is 17.5. The van der Waals surface area contributed by atoms with E-state index in [9.17, 15) is 23.1 Å². The van der Waals surface area contributed by atoms with Crippen molar-refractivity contribution in [1.29, 1.82) is 0 Å². The van der Waals surface area contributed by atoms with Crippen LogP contribution in [0.5, 0.6) is 0 Å². The third-order valence-electron chi connectivity index (χ3n) is 6.71. The number of nitrogens with zero attached hydrogens (tertiary/aromatic N) is 5. The monoisotopic (exact) mass is 540 g/mol. The lowest BCUT2D eigenvalue weighted by Gasteiger charge is -2.34. The number of aliphatic hydroxyl groups is 1. The zero-order valence-electron chi connectivity index (χ0n) is 20.5. The summed E-state index contributed by atoms with van der Waals surface area (Å²) in [4.78, 5) is 21.9. The van der Waals surface area contributed by atoms with E-state index in [1.807, 2.05) is 0 Å². The van der Waals surface area contributed by atoms with E-state index in [0.29, 0.717) is 42.8 Å². The number of amides is 1. The molecular formula is C24H28ClF3N6O3. The number of nitrogens with one attached hydrogen (secondary N) is 1. The van der Waals surface area contributed by atoms with Crippen LogP contribution in [0.2, 0.25) is 5.28 Å². The predicted molar refractivity (Wildman–Crippen MR) is 130 cm³/mol. The first-order valence-corrected chi connectivity index (χ1v) is 12.2. The Balaban J connectivity index is 1.59. The number of carbonyl (C=O) groups is 1. The predicted octanol–water partition coefficient (Wildman–Crippen LogP) is 4.84. The second-order valence-electron chi connectivity index (χ2n) is 9.17. The molecule has 0 saturated heterocycles. The van der Waals surface area contributed by atoms with Crippen LogP contribution in [-0.2, 0) is 9.53 Å². The van der Waals surface area contributed by atoms with Gasteiger partial charge < -0.3 is 20.1 Å². The minimum Gasteiger partial charge on any atom is -0.393 e. The summed E-state index contributed by atoms with van der Waals surface area (Å²) in [5, 5.41) is 17.0. The van der Waals surface area contributed by atoms with E-state index in [2.05, 4.69) is 20.4 Å². The van der Waals surface area contributed by atoms with Gasteiger partial charge in [0.25, 0.3) is 5.78 Å². The summed E-state index contributed by atoms with van der Waals surface area (Å²) in [7, 11) is 2.71. The molecule has 0 aliphatic heterocycles. The van der Waals surface area contributed by atoms with Gasteiger partial charge in [0.2, 0.25) is 11.2 Å². The maximum absolute atomic E-state index is 14.1. The Labute approximate surface area is 216 Å². The number of carbonyl (C=O) groups excluding carboxylic acids is 1. The lowest BCUT2D eigenvalue weighted by atomic mass is 9.86. The molecule has 3 aromatic rings. The number of halogens is 4. The number of alkyl halides is 3. The molecule has 2 heterocycles. The maximum Gasteiger partial charge on any atom is 0.413 e. The van der Waals surface area contributed by atoms with Crippen molar-refractivity contribution in [1.82, 2.24) is 24.5 Å². The number of anilines is 2. The molecule has 13 heteroatoms. The van der Waals surface area contributed by atoms with Gasteiger partial charge in [-0.3, -0.25) is 4.79 Å². The molecule has 2 N–H and O–H groups in total. The summed E-state index contributed by atoms with van der Waals surface area (Å²) in [6.45, 7) is 1.80. The molecule has 0 spiro atoms. The highest BCUT2D eigenvalue weighted by molar-refractivity contribution is 6.28. The number of aliphatic hydroxyl groups excluding tert-OH is 1. The van der Waals surface area contributed by atoms with Crippen molar-refractivity contribution in [2.75, 3.05) is 19.5 Å². The Kier molecular flexibility index (Phi) is 7.91. The van der Waals surface area contributed by atoms with Crippen LogP contribution in [0.25, 0.3) is 5.78 Å². The largest absolute Gasteiger partial charge is 0.413 e. The first kappa shape index (κ1) is 27.1. The highest BCUT2D eigenvalue weighted by Crippen LogP contribution is 2.39. The van der Waals surface area contributed by atoms with Gasteiger partial charge in [-0.15, -0.1) is 5.10 Å². The Bertz CT molecular complexity index is 1240. The fourth-order valence-corrected chi connectivity index (χ4v) is 4.85. The second kappa shape index (κ2) is 10.8. The van der Waals surface area contributed by atoms with Gasteiger partial charge in [0.1, 0.15) is 0 Å². The number of hydrogen-bond donors (Lipinski definition) is 2. The number of ether oxygens (including phenoxy) is 1. The van der Waals surface area contributed by atoms with Crippen molar-refractivity contribution in [2.45, 2.75) is 57.0 Å². The van der Waals surface area contributed by atoms with E-state index >= 15 is 0 Å². The van der Waals surface area contributed by atoms with Crippen molar-refractivity contribution in [3.05, 3.63) is 47.0 Å². The van der Waals surface area contributed by atoms with Gasteiger partial charge in [-0.2, -0.15) is 22.7 Å². The van der Waals surface area contributed by atoms with Gasteiger partial charge in [-0.05, 0) is 61.9 Å². The normalized spacial score (nSPS) is 20.0. The van der Waals surface area contributed by atoms with Crippen LogP contribution >= 0.6 is 11.6 Å². The minimum atomic E-state index is -4.67. The molecule has 0 unspecified atom stereocenters. The first-order valence-electron chi connectivity index (χ1n) is 11.8. The van der Waals surface area contributed by atoms with E-state index in [1.54, 1.807) is 6.92 Å². The summed E-state index contributed by atoms with van der Waals surface area (Å²) in [6.07, 6.45) is -2.53. The average molecular weight is 541 g/mol. The van der Waals surface area contributed by atoms with Crippen molar-refractivity contribution in [3.8, 4) is 0 Å². The molecule has 4 rings (SSSR count). The van der Waals surface area contributed by atoms with Crippen LogP contribution in [0.15, 0.2) is 30.5 Å². The molecule has 1 fully saturated rings. The standard InChI is InChI=1S/C24H28ClF3N6O3/c1-13(37-3)19-18(12-29-23-31-22(25)32-34(19)23)30-16-8-4-14(5-9-16)20(24(26,27)28)33(2)21(36)15-6-10-17(35)11-7-15/h4-5,8-9,12-13,15,17,20,30,35H,6-7,10-11H2,1-3H3/t13-,15?,17?,20-/m0/s1. The summed E-state index contributed by atoms with van der Waals surface area (Å²) in [5.41, 5.74) is 1.52. The van der Waals surface area contributed by atoms with Crippen molar-refractivity contribution in [3.63, 3.8) is 0 Å². The number of aromatic nitrogens is 4. The summed E-state index contributed by atoms with van der Waals surface area (Å²) >= 11 is 5.93. The molecule has 1 amide bonds. The summed E-state index contributed by atoms with van der Waals surface area (Å²) in [5.74, 6) is -0.827. The van der Waals surface area contributed by atoms with E-state index in [4.69, 9.17) is 16.3 Å². The highest BCUT2D eigenvalue weighted by atomic mass is 35.5. The average Bonchev–Trinajstić information content (AvgIpc) is 3.24. The lowest BCUT2D eigenvalue weighted by molar-refractivity contribution is -0.191. The van der Waals surface area contributed by atoms with Gasteiger partial charge in [0.05, 0.1) is 29.8 Å². The lowest BCUT2D eigenvalue weighted by Crippen LogP contribution is -2.43. The molecule has 2 aromatic heterocycles. The molecule has 0 radical (unpaired) electrons. The fraction of sp³-hybridized carbons (Fsp3) is 0.500. The molecule has 1 saturated carbocycles. The smallest absolute Gasteiger partial charge is 0.393 e. The third kappa shape index (κ3) is 5.81. The van der Waals surface area contributed by atoms with Gasteiger partial charge in [-0.1, -0.05) is 12.1 Å².